The lowest BCUT2D eigenvalue weighted by molar-refractivity contribution is -0.153. The van der Waals surface area contributed by atoms with Crippen LogP contribution >= 0.6 is 0 Å². The number of aliphatic carboxylic acids is 1. The predicted molar refractivity (Wildman–Crippen MR) is 90.4 cm³/mol. The van der Waals surface area contributed by atoms with Gasteiger partial charge in [-0.25, -0.2) is 9.18 Å². The van der Waals surface area contributed by atoms with E-state index in [-0.39, 0.29) is 11.7 Å². The second-order valence-corrected chi connectivity index (χ2v) is 6.39. The number of carboxylic acids is 1. The number of hydrogen-bond donors (Lipinski definition) is 2. The molecule has 0 radical (unpaired) electrons. The molecule has 2 heterocycles. The number of likely N-dealkylation sites (tertiary alicyclic amines) is 1. The van der Waals surface area contributed by atoms with Gasteiger partial charge in [0.25, 0.3) is 0 Å². The molecule has 6 nitrogen and oxygen atoms in total. The standard InChI is InChI=1S/C18H22FN3O3/c1-25-17(18(23)24)12-5-7-22(8-6-12)11-14-10-20-21-16(14)13-3-2-4-15(19)9-13/h2-4,9-10,12,17H,5-8,11H2,1H3,(H,20,21)(H,23,24). The zero-order valence-corrected chi connectivity index (χ0v) is 14.1. The lowest BCUT2D eigenvalue weighted by atomic mass is 9.91. The van der Waals surface area contributed by atoms with Crippen molar-refractivity contribution in [3.63, 3.8) is 0 Å². The monoisotopic (exact) mass is 347 g/mol. The van der Waals surface area contributed by atoms with Crippen molar-refractivity contribution in [2.45, 2.75) is 25.5 Å². The number of aromatic nitrogens is 2. The minimum atomic E-state index is -0.899. The van der Waals surface area contributed by atoms with Crippen molar-refractivity contribution < 1.29 is 19.0 Å². The first-order chi connectivity index (χ1) is 12.1. The van der Waals surface area contributed by atoms with Gasteiger partial charge in [0.15, 0.2) is 6.10 Å². The molecule has 2 N–H and O–H groups in total. The van der Waals surface area contributed by atoms with E-state index in [1.807, 2.05) is 6.07 Å². The second kappa shape index (κ2) is 7.76. The molecule has 0 bridgehead atoms. The summed E-state index contributed by atoms with van der Waals surface area (Å²) in [5.41, 5.74) is 2.60. The number of hydrogen-bond acceptors (Lipinski definition) is 4. The SMILES string of the molecule is COC(C(=O)O)C1CCN(Cc2cn[nH]c2-c2cccc(F)c2)CC1. The van der Waals surface area contributed by atoms with Crippen LogP contribution in [0, 0.1) is 11.7 Å². The summed E-state index contributed by atoms with van der Waals surface area (Å²) in [6.45, 7) is 2.29. The lowest BCUT2D eigenvalue weighted by Crippen LogP contribution is -2.41. The van der Waals surface area contributed by atoms with Crippen LogP contribution in [0.5, 0.6) is 0 Å². The number of halogens is 1. The Bertz CT molecular complexity index is 726. The van der Waals surface area contributed by atoms with E-state index in [4.69, 9.17) is 4.74 Å². The predicted octanol–water partition coefficient (Wildman–Crippen LogP) is 2.53. The molecule has 1 aromatic carbocycles. The first kappa shape index (κ1) is 17.6. The molecule has 0 aliphatic carbocycles. The third-order valence-electron chi connectivity index (χ3n) is 4.78. The van der Waals surface area contributed by atoms with Crippen LogP contribution in [0.25, 0.3) is 11.3 Å². The highest BCUT2D eigenvalue weighted by Gasteiger charge is 2.31. The number of aromatic amines is 1. The number of piperidine rings is 1. The number of ether oxygens (including phenoxy) is 1. The molecule has 25 heavy (non-hydrogen) atoms. The quantitative estimate of drug-likeness (QED) is 0.839. The van der Waals surface area contributed by atoms with Crippen molar-refractivity contribution in [3.05, 3.63) is 41.8 Å². The summed E-state index contributed by atoms with van der Waals surface area (Å²) in [7, 11) is 1.45. The summed E-state index contributed by atoms with van der Waals surface area (Å²) >= 11 is 0. The van der Waals surface area contributed by atoms with Gasteiger partial charge in [-0.1, -0.05) is 12.1 Å². The minimum Gasteiger partial charge on any atom is -0.479 e. The van der Waals surface area contributed by atoms with Gasteiger partial charge in [-0.05, 0) is 44.0 Å². The van der Waals surface area contributed by atoms with Crippen molar-refractivity contribution in [2.24, 2.45) is 5.92 Å². The largest absolute Gasteiger partial charge is 0.479 e. The molecule has 1 saturated heterocycles. The lowest BCUT2D eigenvalue weighted by Gasteiger charge is -2.34. The first-order valence-corrected chi connectivity index (χ1v) is 8.34. The maximum Gasteiger partial charge on any atom is 0.333 e. The van der Waals surface area contributed by atoms with Crippen molar-refractivity contribution in [3.8, 4) is 11.3 Å². The van der Waals surface area contributed by atoms with E-state index in [1.165, 1.54) is 19.2 Å². The molecule has 1 unspecified atom stereocenters. The highest BCUT2D eigenvalue weighted by molar-refractivity contribution is 5.72. The number of benzene rings is 1. The van der Waals surface area contributed by atoms with Crippen molar-refractivity contribution >= 4 is 5.97 Å². The summed E-state index contributed by atoms with van der Waals surface area (Å²) < 4.78 is 18.6. The summed E-state index contributed by atoms with van der Waals surface area (Å²) in [4.78, 5) is 13.5. The Morgan fingerprint density at radius 3 is 2.88 bits per heavy atom. The summed E-state index contributed by atoms with van der Waals surface area (Å²) in [6.07, 6.45) is 2.58. The number of nitrogens with zero attached hydrogens (tertiary/aromatic N) is 2. The van der Waals surface area contributed by atoms with Gasteiger partial charge in [0.1, 0.15) is 5.82 Å². The Labute approximate surface area is 145 Å². The van der Waals surface area contributed by atoms with Gasteiger partial charge < -0.3 is 9.84 Å². The van der Waals surface area contributed by atoms with E-state index in [9.17, 15) is 14.3 Å². The highest BCUT2D eigenvalue weighted by atomic mass is 19.1. The Kier molecular flexibility index (Phi) is 5.45. The maximum absolute atomic E-state index is 13.5. The smallest absolute Gasteiger partial charge is 0.333 e. The molecule has 3 rings (SSSR count). The normalized spacial score (nSPS) is 17.5. The van der Waals surface area contributed by atoms with E-state index in [0.29, 0.717) is 6.54 Å². The van der Waals surface area contributed by atoms with Crippen molar-refractivity contribution in [1.29, 1.82) is 0 Å². The molecule has 0 saturated carbocycles. The zero-order chi connectivity index (χ0) is 17.8. The summed E-state index contributed by atoms with van der Waals surface area (Å²) in [5.74, 6) is -1.15. The Balaban J connectivity index is 1.64. The van der Waals surface area contributed by atoms with E-state index in [2.05, 4.69) is 15.1 Å². The van der Waals surface area contributed by atoms with Gasteiger partial charge in [-0.2, -0.15) is 5.10 Å². The van der Waals surface area contributed by atoms with E-state index < -0.39 is 12.1 Å². The molecule has 1 atom stereocenters. The Morgan fingerprint density at radius 1 is 1.48 bits per heavy atom. The third kappa shape index (κ3) is 4.05. The van der Waals surface area contributed by atoms with E-state index in [0.717, 1.165) is 42.8 Å². The zero-order valence-electron chi connectivity index (χ0n) is 14.1. The van der Waals surface area contributed by atoms with Crippen LogP contribution < -0.4 is 0 Å². The molecule has 0 amide bonds. The van der Waals surface area contributed by atoms with E-state index >= 15 is 0 Å². The number of carbonyl (C=O) groups is 1. The van der Waals surface area contributed by atoms with Gasteiger partial charge >= 0.3 is 5.97 Å². The van der Waals surface area contributed by atoms with Crippen molar-refractivity contribution in [1.82, 2.24) is 15.1 Å². The van der Waals surface area contributed by atoms with E-state index in [1.54, 1.807) is 12.3 Å². The van der Waals surface area contributed by atoms with Crippen LogP contribution in [0.15, 0.2) is 30.5 Å². The minimum absolute atomic E-state index is 0.0331. The Hall–Kier alpha value is -2.25. The fraction of sp³-hybridized carbons (Fsp3) is 0.444. The van der Waals surface area contributed by atoms with Gasteiger partial charge in [-0.15, -0.1) is 0 Å². The van der Waals surface area contributed by atoms with Crippen LogP contribution in [-0.4, -0.2) is 52.5 Å². The van der Waals surface area contributed by atoms with Crippen LogP contribution in [0.4, 0.5) is 4.39 Å². The van der Waals surface area contributed by atoms with Crippen LogP contribution in [-0.2, 0) is 16.1 Å². The van der Waals surface area contributed by atoms with Gasteiger partial charge in [0.2, 0.25) is 0 Å². The molecular weight excluding hydrogens is 325 g/mol. The molecule has 134 valence electrons. The second-order valence-electron chi connectivity index (χ2n) is 6.39. The van der Waals surface area contributed by atoms with Gasteiger partial charge in [-0.3, -0.25) is 10.00 Å². The maximum atomic E-state index is 13.5. The molecule has 1 aromatic heterocycles. The van der Waals surface area contributed by atoms with Crippen LogP contribution in [0.2, 0.25) is 0 Å². The highest BCUT2D eigenvalue weighted by Crippen LogP contribution is 2.27. The molecule has 1 aliphatic rings. The fourth-order valence-electron chi connectivity index (χ4n) is 3.47. The molecular formula is C18H22FN3O3. The van der Waals surface area contributed by atoms with Gasteiger partial charge in [0.05, 0.1) is 11.9 Å². The van der Waals surface area contributed by atoms with Crippen LogP contribution in [0.3, 0.4) is 0 Å². The summed E-state index contributed by atoms with van der Waals surface area (Å²) in [6, 6.07) is 6.43. The van der Waals surface area contributed by atoms with Gasteiger partial charge in [0, 0.05) is 24.8 Å². The average Bonchev–Trinajstić information content (AvgIpc) is 3.05. The molecule has 2 aromatic rings. The number of carboxylic acid groups (broad SMARTS) is 1. The summed E-state index contributed by atoms with van der Waals surface area (Å²) in [5, 5.41) is 16.3. The topological polar surface area (TPSA) is 78.5 Å². The molecule has 0 spiro atoms. The number of H-pyrrole nitrogens is 1. The van der Waals surface area contributed by atoms with Crippen LogP contribution in [0.1, 0.15) is 18.4 Å². The first-order valence-electron chi connectivity index (χ1n) is 8.34. The third-order valence-corrected chi connectivity index (χ3v) is 4.78. The number of methoxy groups -OCH3 is 1. The number of rotatable bonds is 6. The molecule has 7 heteroatoms. The fourth-order valence-corrected chi connectivity index (χ4v) is 3.47. The Morgan fingerprint density at radius 2 is 2.24 bits per heavy atom. The number of nitrogens with one attached hydrogen (secondary N) is 1. The average molecular weight is 347 g/mol. The molecule has 1 fully saturated rings. The molecule has 1 aliphatic heterocycles. The van der Waals surface area contributed by atoms with Crippen molar-refractivity contribution in [2.75, 3.05) is 20.2 Å².